The molecule has 1 amide bonds. The van der Waals surface area contributed by atoms with Gasteiger partial charge < -0.3 is 20.9 Å². The van der Waals surface area contributed by atoms with Crippen molar-refractivity contribution in [2.24, 2.45) is 5.73 Å². The van der Waals surface area contributed by atoms with E-state index in [4.69, 9.17) is 15.6 Å². The molecule has 0 aromatic heterocycles. The molecule has 0 bridgehead atoms. The highest BCUT2D eigenvalue weighted by Crippen LogP contribution is 2.12. The van der Waals surface area contributed by atoms with Gasteiger partial charge in [0.2, 0.25) is 0 Å². The first-order valence-corrected chi connectivity index (χ1v) is 5.56. The number of carbonyl (C=O) groups excluding carboxylic acids is 1. The zero-order valence-corrected chi connectivity index (χ0v) is 9.89. The maximum absolute atomic E-state index is 11.5. The lowest BCUT2D eigenvalue weighted by Gasteiger charge is -2.06. The smallest absolute Gasteiger partial charge is 0.306 e. The van der Waals surface area contributed by atoms with E-state index in [1.54, 1.807) is 24.3 Å². The van der Waals surface area contributed by atoms with Gasteiger partial charge in [0.05, 0.1) is 13.0 Å². The van der Waals surface area contributed by atoms with E-state index in [9.17, 15) is 9.59 Å². The molecule has 1 aromatic carbocycles. The Morgan fingerprint density at radius 2 is 1.94 bits per heavy atom. The van der Waals surface area contributed by atoms with Gasteiger partial charge in [0, 0.05) is 18.7 Å². The topological polar surface area (TPSA) is 102 Å². The highest BCUT2D eigenvalue weighted by Gasteiger charge is 2.04. The molecule has 0 aliphatic heterocycles. The van der Waals surface area contributed by atoms with Crippen molar-refractivity contribution in [3.05, 3.63) is 29.8 Å². The number of amides is 1. The minimum absolute atomic E-state index is 0.0568. The van der Waals surface area contributed by atoms with E-state index in [1.807, 2.05) is 0 Å². The molecule has 0 fully saturated rings. The zero-order valence-electron chi connectivity index (χ0n) is 9.89. The van der Waals surface area contributed by atoms with Crippen LogP contribution in [0.3, 0.4) is 0 Å². The molecule has 0 saturated carbocycles. The third-order valence-electron chi connectivity index (χ3n) is 2.13. The first-order valence-electron chi connectivity index (χ1n) is 5.56. The van der Waals surface area contributed by atoms with E-state index >= 15 is 0 Å². The van der Waals surface area contributed by atoms with Crippen molar-refractivity contribution < 1.29 is 19.4 Å². The summed E-state index contributed by atoms with van der Waals surface area (Å²) in [5.74, 6) is -0.572. The summed E-state index contributed by atoms with van der Waals surface area (Å²) < 4.78 is 5.20. The number of nitrogens with one attached hydrogen (secondary N) is 1. The minimum Gasteiger partial charge on any atom is -0.493 e. The van der Waals surface area contributed by atoms with E-state index in [1.165, 1.54) is 0 Å². The van der Waals surface area contributed by atoms with Crippen LogP contribution in [0, 0.1) is 0 Å². The number of aliphatic carboxylic acids is 1. The Labute approximate surface area is 105 Å². The highest BCUT2D eigenvalue weighted by molar-refractivity contribution is 5.94. The monoisotopic (exact) mass is 252 g/mol. The Balaban J connectivity index is 2.46. The Kier molecular flexibility index (Phi) is 5.66. The third-order valence-corrected chi connectivity index (χ3v) is 2.13. The standard InChI is InChI=1S/C12H16N2O4/c13-6-7-14-12(17)9-1-3-10(4-2-9)18-8-5-11(15)16/h1-4H,5-8,13H2,(H,14,17)(H,15,16). The number of carboxylic acids is 1. The van der Waals surface area contributed by atoms with Crippen LogP contribution in [0.25, 0.3) is 0 Å². The van der Waals surface area contributed by atoms with Crippen LogP contribution in [0.1, 0.15) is 16.8 Å². The number of carbonyl (C=O) groups is 2. The van der Waals surface area contributed by atoms with Gasteiger partial charge >= 0.3 is 5.97 Å². The molecular formula is C12H16N2O4. The summed E-state index contributed by atoms with van der Waals surface area (Å²) in [6.07, 6.45) is -0.0568. The largest absolute Gasteiger partial charge is 0.493 e. The number of hydrogen-bond donors (Lipinski definition) is 3. The Bertz CT molecular complexity index is 403. The SMILES string of the molecule is NCCNC(=O)c1ccc(OCCC(=O)O)cc1. The number of benzene rings is 1. The molecule has 0 unspecified atom stereocenters. The molecule has 4 N–H and O–H groups in total. The summed E-state index contributed by atoms with van der Waals surface area (Å²) in [7, 11) is 0. The van der Waals surface area contributed by atoms with E-state index in [0.717, 1.165) is 0 Å². The lowest BCUT2D eigenvalue weighted by Crippen LogP contribution is -2.28. The average molecular weight is 252 g/mol. The quantitative estimate of drug-likeness (QED) is 0.644. The molecule has 0 aliphatic carbocycles. The predicted octanol–water partition coefficient (Wildman–Crippen LogP) is 0.229. The molecule has 0 radical (unpaired) electrons. The molecule has 0 heterocycles. The molecule has 0 aliphatic rings. The molecule has 18 heavy (non-hydrogen) atoms. The van der Waals surface area contributed by atoms with Crippen molar-refractivity contribution in [3.8, 4) is 5.75 Å². The van der Waals surface area contributed by atoms with Crippen LogP contribution < -0.4 is 15.8 Å². The number of nitrogens with two attached hydrogens (primary N) is 1. The molecule has 1 aromatic rings. The van der Waals surface area contributed by atoms with Crippen molar-refractivity contribution in [3.63, 3.8) is 0 Å². The summed E-state index contributed by atoms with van der Waals surface area (Å²) in [5.41, 5.74) is 5.78. The Morgan fingerprint density at radius 1 is 1.28 bits per heavy atom. The van der Waals surface area contributed by atoms with Crippen LogP contribution in [0.2, 0.25) is 0 Å². The molecular weight excluding hydrogens is 236 g/mol. The van der Waals surface area contributed by atoms with Crippen molar-refractivity contribution in [1.82, 2.24) is 5.32 Å². The molecule has 0 saturated heterocycles. The summed E-state index contributed by atoms with van der Waals surface area (Å²) in [4.78, 5) is 21.8. The fourth-order valence-corrected chi connectivity index (χ4v) is 1.25. The van der Waals surface area contributed by atoms with Gasteiger partial charge in [0.15, 0.2) is 0 Å². The van der Waals surface area contributed by atoms with Crippen molar-refractivity contribution >= 4 is 11.9 Å². The van der Waals surface area contributed by atoms with Crippen LogP contribution in [0.5, 0.6) is 5.75 Å². The van der Waals surface area contributed by atoms with E-state index < -0.39 is 5.97 Å². The predicted molar refractivity (Wildman–Crippen MR) is 65.6 cm³/mol. The summed E-state index contributed by atoms with van der Waals surface area (Å²) >= 11 is 0. The van der Waals surface area contributed by atoms with Crippen LogP contribution in [0.15, 0.2) is 24.3 Å². The van der Waals surface area contributed by atoms with Crippen LogP contribution in [0.4, 0.5) is 0 Å². The van der Waals surface area contributed by atoms with E-state index in [-0.39, 0.29) is 18.9 Å². The maximum atomic E-state index is 11.5. The van der Waals surface area contributed by atoms with Gasteiger partial charge in [-0.1, -0.05) is 0 Å². The molecule has 6 heteroatoms. The Morgan fingerprint density at radius 3 is 2.50 bits per heavy atom. The fourth-order valence-electron chi connectivity index (χ4n) is 1.25. The van der Waals surface area contributed by atoms with Crippen LogP contribution >= 0.6 is 0 Å². The van der Waals surface area contributed by atoms with Gasteiger partial charge in [0.25, 0.3) is 5.91 Å². The van der Waals surface area contributed by atoms with Gasteiger partial charge in [-0.3, -0.25) is 9.59 Å². The van der Waals surface area contributed by atoms with E-state index in [2.05, 4.69) is 5.32 Å². The van der Waals surface area contributed by atoms with Crippen molar-refractivity contribution in [2.45, 2.75) is 6.42 Å². The van der Waals surface area contributed by atoms with Crippen molar-refractivity contribution in [2.75, 3.05) is 19.7 Å². The summed E-state index contributed by atoms with van der Waals surface area (Å²) in [5, 5.41) is 11.1. The molecule has 98 valence electrons. The number of ether oxygens (including phenoxy) is 1. The second-order valence-electron chi connectivity index (χ2n) is 3.56. The highest BCUT2D eigenvalue weighted by atomic mass is 16.5. The van der Waals surface area contributed by atoms with Gasteiger partial charge in [-0.05, 0) is 24.3 Å². The maximum Gasteiger partial charge on any atom is 0.306 e. The fraction of sp³-hybridized carbons (Fsp3) is 0.333. The number of rotatable bonds is 7. The zero-order chi connectivity index (χ0) is 13.4. The number of carboxylic acid groups (broad SMARTS) is 1. The van der Waals surface area contributed by atoms with Gasteiger partial charge in [-0.2, -0.15) is 0 Å². The van der Waals surface area contributed by atoms with Gasteiger partial charge in [-0.15, -0.1) is 0 Å². The molecule has 6 nitrogen and oxygen atoms in total. The first kappa shape index (κ1) is 14.0. The molecule has 0 atom stereocenters. The van der Waals surface area contributed by atoms with Crippen molar-refractivity contribution in [1.29, 1.82) is 0 Å². The average Bonchev–Trinajstić information content (AvgIpc) is 2.36. The van der Waals surface area contributed by atoms with E-state index in [0.29, 0.717) is 24.4 Å². The Hall–Kier alpha value is -2.08. The third kappa shape index (κ3) is 4.84. The first-order chi connectivity index (χ1) is 8.63. The summed E-state index contributed by atoms with van der Waals surface area (Å²) in [6, 6.07) is 6.47. The lowest BCUT2D eigenvalue weighted by atomic mass is 10.2. The molecule has 1 rings (SSSR count). The van der Waals surface area contributed by atoms with Gasteiger partial charge in [0.1, 0.15) is 5.75 Å². The molecule has 0 spiro atoms. The second kappa shape index (κ2) is 7.29. The van der Waals surface area contributed by atoms with Crippen LogP contribution in [-0.4, -0.2) is 36.7 Å². The lowest BCUT2D eigenvalue weighted by molar-refractivity contribution is -0.137. The normalized spacial score (nSPS) is 9.83. The second-order valence-corrected chi connectivity index (χ2v) is 3.56. The minimum atomic E-state index is -0.909. The van der Waals surface area contributed by atoms with Gasteiger partial charge in [-0.25, -0.2) is 0 Å². The number of hydrogen-bond acceptors (Lipinski definition) is 4. The van der Waals surface area contributed by atoms with Crippen LogP contribution in [-0.2, 0) is 4.79 Å². The summed E-state index contributed by atoms with van der Waals surface area (Å²) in [6.45, 7) is 0.922.